The second kappa shape index (κ2) is 15.6. The highest BCUT2D eigenvalue weighted by Crippen LogP contribution is 2.60. The van der Waals surface area contributed by atoms with E-state index in [1.165, 1.54) is 36.5 Å². The van der Waals surface area contributed by atoms with Crippen LogP contribution in [-0.4, -0.2) is 45.2 Å². The van der Waals surface area contributed by atoms with Gasteiger partial charge in [-0.25, -0.2) is 4.79 Å². The third kappa shape index (κ3) is 8.04. The van der Waals surface area contributed by atoms with Gasteiger partial charge in [0.1, 0.15) is 23.2 Å². The van der Waals surface area contributed by atoms with Crippen LogP contribution in [-0.2, 0) is 11.2 Å². The molecule has 5 rings (SSSR count). The van der Waals surface area contributed by atoms with Crippen LogP contribution in [0.3, 0.4) is 0 Å². The van der Waals surface area contributed by atoms with Gasteiger partial charge < -0.3 is 25.2 Å². The Morgan fingerprint density at radius 3 is 2.44 bits per heavy atom. The number of aliphatic hydroxyl groups is 2. The predicted molar refractivity (Wildman–Crippen MR) is 163 cm³/mol. The molecule has 0 aliphatic heterocycles. The number of esters is 1. The van der Waals surface area contributed by atoms with E-state index in [9.17, 15) is 20.1 Å². The summed E-state index contributed by atoms with van der Waals surface area (Å²) in [5.41, 5.74) is 3.23. The first-order valence-corrected chi connectivity index (χ1v) is 15.8. The number of hydrogen-bond donors (Lipinski definition) is 4. The number of ether oxygens (including phenoxy) is 1. The Morgan fingerprint density at radius 1 is 1.02 bits per heavy atom. The number of aromatic hydroxyl groups is 2. The van der Waals surface area contributed by atoms with E-state index in [1.807, 2.05) is 19.1 Å². The molecule has 0 amide bonds. The van der Waals surface area contributed by atoms with Gasteiger partial charge in [0, 0.05) is 6.61 Å². The maximum Gasteiger partial charge on any atom is 0.342 e. The number of hydrogen-bond acceptors (Lipinski definition) is 6. The Labute approximate surface area is 246 Å². The van der Waals surface area contributed by atoms with Gasteiger partial charge in [-0.2, -0.15) is 0 Å². The topological polar surface area (TPSA) is 107 Å². The Bertz CT molecular complexity index is 1100. The van der Waals surface area contributed by atoms with Gasteiger partial charge in [-0.15, -0.1) is 0 Å². The molecule has 0 radical (unpaired) electrons. The molecular formula is C35H52O6. The van der Waals surface area contributed by atoms with E-state index in [4.69, 9.17) is 9.84 Å². The lowest BCUT2D eigenvalue weighted by molar-refractivity contribution is -0.0226. The van der Waals surface area contributed by atoms with Crippen LogP contribution in [0.15, 0.2) is 42.5 Å². The lowest BCUT2D eigenvalue weighted by atomic mass is 9.55. The zero-order chi connectivity index (χ0) is 30.0. The van der Waals surface area contributed by atoms with Gasteiger partial charge in [-0.05, 0) is 123 Å². The molecule has 0 bridgehead atoms. The second-order valence-electron chi connectivity index (χ2n) is 12.2. The number of unbranched alkanes of at least 4 members (excludes halogenated alkanes) is 2. The first-order valence-electron chi connectivity index (χ1n) is 15.8. The van der Waals surface area contributed by atoms with Gasteiger partial charge in [-0.1, -0.05) is 51.8 Å². The van der Waals surface area contributed by atoms with E-state index < -0.39 is 5.97 Å². The largest absolute Gasteiger partial charge is 0.508 e. The fraction of sp³-hybridized carbons (Fsp3) is 0.629. The minimum Gasteiger partial charge on any atom is -0.508 e. The summed E-state index contributed by atoms with van der Waals surface area (Å²) in [4.78, 5) is 11.9. The highest BCUT2D eigenvalue weighted by atomic mass is 16.5. The summed E-state index contributed by atoms with van der Waals surface area (Å²) in [7, 11) is 0. The van der Waals surface area contributed by atoms with Crippen molar-refractivity contribution >= 4 is 5.97 Å². The van der Waals surface area contributed by atoms with Crippen molar-refractivity contribution in [1.29, 1.82) is 0 Å². The summed E-state index contributed by atoms with van der Waals surface area (Å²) in [5.74, 6) is 2.03. The van der Waals surface area contributed by atoms with Crippen LogP contribution in [0.25, 0.3) is 0 Å². The number of benzene rings is 2. The van der Waals surface area contributed by atoms with Crippen LogP contribution in [0.2, 0.25) is 0 Å². The normalized spacial score (nSPS) is 26.6. The van der Waals surface area contributed by atoms with Crippen molar-refractivity contribution in [3.63, 3.8) is 0 Å². The number of para-hydroxylation sites is 1. The molecule has 6 nitrogen and oxygen atoms in total. The van der Waals surface area contributed by atoms with E-state index in [-0.39, 0.29) is 35.5 Å². The quantitative estimate of drug-likeness (QED) is 0.203. The molecule has 41 heavy (non-hydrogen) atoms. The number of fused-ring (bicyclic) bond motifs is 5. The summed E-state index contributed by atoms with van der Waals surface area (Å²) in [6.45, 7) is 8.40. The first-order chi connectivity index (χ1) is 19.7. The highest BCUT2D eigenvalue weighted by Gasteiger charge is 2.54. The van der Waals surface area contributed by atoms with Crippen LogP contribution in [0.1, 0.15) is 119 Å². The molecule has 2 saturated carbocycles. The van der Waals surface area contributed by atoms with Crippen molar-refractivity contribution < 1.29 is 30.0 Å². The summed E-state index contributed by atoms with van der Waals surface area (Å²) < 4.78 is 5.41. The number of carbonyl (C=O) groups excluding carboxylic acids is 1. The van der Waals surface area contributed by atoms with Crippen LogP contribution in [0.4, 0.5) is 0 Å². The average molecular weight is 569 g/mol. The summed E-state index contributed by atoms with van der Waals surface area (Å²) >= 11 is 0. The zero-order valence-electron chi connectivity index (χ0n) is 25.5. The Kier molecular flexibility index (Phi) is 12.5. The molecule has 2 aromatic rings. The van der Waals surface area contributed by atoms with Crippen molar-refractivity contribution in [1.82, 2.24) is 0 Å². The third-order valence-electron chi connectivity index (χ3n) is 9.64. The van der Waals surface area contributed by atoms with Gasteiger partial charge in [0.15, 0.2) is 0 Å². The standard InChI is InChI=1S/C18H24O2.C15H22O3.C2H6O/c1-18-9-8-14-13-5-3-12(19)10-11(13)2-4-15(14)16(18)6-7-17(18)20;1-3-5-6-9-12(4-2)18-15(17)13-10-7-8-11-14(13)16;1-2-3/h3,5,10,14-17,19-20H,2,4,6-9H2,1H3;7-8,10-12,16H,3-6,9H2,1-2H3;3H,2H2,1H3/t14-,15-,16+,17+,18+;;/m1../s1. The van der Waals surface area contributed by atoms with Gasteiger partial charge in [0.05, 0.1) is 6.10 Å². The maximum absolute atomic E-state index is 11.9. The minimum absolute atomic E-state index is 0.0223. The average Bonchev–Trinajstić information content (AvgIpc) is 3.27. The van der Waals surface area contributed by atoms with Gasteiger partial charge in [0.25, 0.3) is 0 Å². The number of aliphatic hydroxyl groups excluding tert-OH is 2. The lowest BCUT2D eigenvalue weighted by Gasteiger charge is -2.50. The first kappa shape index (κ1) is 32.9. The molecular weight excluding hydrogens is 516 g/mol. The van der Waals surface area contributed by atoms with E-state index >= 15 is 0 Å². The molecule has 228 valence electrons. The van der Waals surface area contributed by atoms with E-state index in [1.54, 1.807) is 25.1 Å². The number of rotatable bonds is 7. The monoisotopic (exact) mass is 568 g/mol. The Balaban J connectivity index is 0.000000208. The Hall–Kier alpha value is -2.57. The molecule has 2 aromatic carbocycles. The Morgan fingerprint density at radius 2 is 1.76 bits per heavy atom. The zero-order valence-corrected chi connectivity index (χ0v) is 25.5. The third-order valence-corrected chi connectivity index (χ3v) is 9.64. The van der Waals surface area contributed by atoms with E-state index in [2.05, 4.69) is 19.9 Å². The number of phenols is 2. The predicted octanol–water partition coefficient (Wildman–Crippen LogP) is 7.52. The van der Waals surface area contributed by atoms with Gasteiger partial charge in [-0.3, -0.25) is 0 Å². The van der Waals surface area contributed by atoms with Crippen molar-refractivity contribution in [2.24, 2.45) is 17.3 Å². The summed E-state index contributed by atoms with van der Waals surface area (Å²) in [5, 5.41) is 37.2. The molecule has 4 N–H and O–H groups in total. The molecule has 6 atom stereocenters. The van der Waals surface area contributed by atoms with Crippen molar-refractivity contribution in [2.45, 2.75) is 116 Å². The molecule has 0 heterocycles. The molecule has 1 unspecified atom stereocenters. The smallest absolute Gasteiger partial charge is 0.342 e. The van der Waals surface area contributed by atoms with Crippen molar-refractivity contribution in [3.8, 4) is 11.5 Å². The van der Waals surface area contributed by atoms with Crippen molar-refractivity contribution in [3.05, 3.63) is 59.2 Å². The maximum atomic E-state index is 11.9. The van der Waals surface area contributed by atoms with Crippen LogP contribution >= 0.6 is 0 Å². The number of carbonyl (C=O) groups is 1. The lowest BCUT2D eigenvalue weighted by Crippen LogP contribution is -2.43. The van der Waals surface area contributed by atoms with Crippen molar-refractivity contribution in [2.75, 3.05) is 6.61 Å². The number of aryl methyl sites for hydroxylation is 1. The van der Waals surface area contributed by atoms with Crippen LogP contribution in [0, 0.1) is 17.3 Å². The fourth-order valence-electron chi connectivity index (χ4n) is 7.37. The fourth-order valence-corrected chi connectivity index (χ4v) is 7.37. The molecule has 0 aromatic heterocycles. The molecule has 0 saturated heterocycles. The summed E-state index contributed by atoms with van der Waals surface area (Å²) in [6.07, 6.45) is 11.8. The highest BCUT2D eigenvalue weighted by molar-refractivity contribution is 5.92. The van der Waals surface area contributed by atoms with Gasteiger partial charge in [0.2, 0.25) is 0 Å². The molecule has 3 aliphatic carbocycles. The van der Waals surface area contributed by atoms with Gasteiger partial charge >= 0.3 is 5.97 Å². The van der Waals surface area contributed by atoms with E-state index in [0.29, 0.717) is 17.6 Å². The molecule has 0 spiro atoms. The number of phenolic OH excluding ortho intramolecular Hbond substituents is 2. The molecule has 6 heteroatoms. The molecule has 2 fully saturated rings. The summed E-state index contributed by atoms with van der Waals surface area (Å²) in [6, 6.07) is 12.4. The SMILES string of the molecule is CCCCCC(CC)OC(=O)c1ccccc1O.CCO.C[C@]12CC[C@@H]3c4ccc(O)cc4CC[C@H]3[C@@H]1CC[C@@H]2O. The van der Waals surface area contributed by atoms with E-state index in [0.717, 1.165) is 57.3 Å². The van der Waals surface area contributed by atoms with Crippen LogP contribution < -0.4 is 0 Å². The molecule has 3 aliphatic rings. The van der Waals surface area contributed by atoms with Crippen LogP contribution in [0.5, 0.6) is 11.5 Å². The second-order valence-corrected chi connectivity index (χ2v) is 12.2. The minimum atomic E-state index is -0.434.